The summed E-state index contributed by atoms with van der Waals surface area (Å²) in [5.74, 6) is 0.863. The molecule has 0 bridgehead atoms. The minimum Gasteiger partial charge on any atom is -0.494 e. The Bertz CT molecular complexity index is 462. The van der Waals surface area contributed by atoms with Crippen molar-refractivity contribution in [2.45, 2.75) is 31.9 Å². The van der Waals surface area contributed by atoms with Crippen molar-refractivity contribution in [1.29, 1.82) is 0 Å². The normalized spacial score (nSPS) is 22.5. The predicted molar refractivity (Wildman–Crippen MR) is 86.0 cm³/mol. The molecule has 1 atom stereocenters. The molecule has 1 aromatic carbocycles. The quantitative estimate of drug-likeness (QED) is 0.846. The van der Waals surface area contributed by atoms with Crippen LogP contribution in [0.2, 0.25) is 5.02 Å². The molecular weight excluding hydrogens is 288 g/mol. The molecule has 0 aliphatic carbocycles. The minimum absolute atomic E-state index is 0.631. The molecule has 0 unspecified atom stereocenters. The van der Waals surface area contributed by atoms with Gasteiger partial charge in [0, 0.05) is 30.2 Å². The lowest BCUT2D eigenvalue weighted by molar-refractivity contribution is -0.0113. The van der Waals surface area contributed by atoms with Crippen LogP contribution in [0.4, 0.5) is 0 Å². The van der Waals surface area contributed by atoms with Gasteiger partial charge in [-0.15, -0.1) is 0 Å². The Balaban J connectivity index is 2.01. The fraction of sp³-hybridized carbons (Fsp3) is 0.625. The summed E-state index contributed by atoms with van der Waals surface area (Å²) in [4.78, 5) is 2.13. The molecule has 4 nitrogen and oxygen atoms in total. The first-order chi connectivity index (χ1) is 10.0. The van der Waals surface area contributed by atoms with Crippen LogP contribution in [0.3, 0.4) is 0 Å². The number of nitrogens with one attached hydrogen (secondary N) is 1. The summed E-state index contributed by atoms with van der Waals surface area (Å²) < 4.78 is 5.65. The molecule has 1 heterocycles. The number of rotatable bonds is 6. The number of hydrogen-bond donors (Lipinski definition) is 2. The first-order valence-corrected chi connectivity index (χ1v) is 7.93. The van der Waals surface area contributed by atoms with Gasteiger partial charge in [-0.1, -0.05) is 11.6 Å². The van der Waals surface area contributed by atoms with Crippen molar-refractivity contribution in [2.24, 2.45) is 0 Å². The monoisotopic (exact) mass is 312 g/mol. The van der Waals surface area contributed by atoms with E-state index in [9.17, 15) is 5.11 Å². The summed E-state index contributed by atoms with van der Waals surface area (Å²) in [6.07, 6.45) is 1.86. The van der Waals surface area contributed by atoms with Crippen LogP contribution in [0.25, 0.3) is 0 Å². The number of likely N-dealkylation sites (N-methyl/N-ethyl adjacent to an activating group) is 1. The van der Waals surface area contributed by atoms with E-state index in [1.54, 1.807) is 0 Å². The van der Waals surface area contributed by atoms with Crippen molar-refractivity contribution in [3.8, 4) is 5.75 Å². The van der Waals surface area contributed by atoms with Crippen molar-refractivity contribution in [1.82, 2.24) is 10.2 Å². The molecule has 2 N–H and O–H groups in total. The van der Waals surface area contributed by atoms with Crippen LogP contribution < -0.4 is 10.1 Å². The standard InChI is InChI=1S/C16H25ClN2O2/c1-3-21-15-6-5-14(17)9-13(15)10-19(2)12-16(20)7-4-8-18-11-16/h5-6,9,18,20H,3-4,7-8,10-12H2,1-2H3/t16-/m1/s1. The lowest BCUT2D eigenvalue weighted by Crippen LogP contribution is -2.52. The number of nitrogens with zero attached hydrogens (tertiary/aromatic N) is 1. The molecule has 0 amide bonds. The first kappa shape index (κ1) is 16.6. The summed E-state index contributed by atoms with van der Waals surface area (Å²) in [5.41, 5.74) is 0.413. The van der Waals surface area contributed by atoms with E-state index in [1.165, 1.54) is 0 Å². The number of β-amino-alcohol motifs (C(OH)–C–C–N with tert-alkyl or cyclic N) is 1. The Kier molecular flexibility index (Phi) is 5.88. The number of aliphatic hydroxyl groups is 1. The highest BCUT2D eigenvalue weighted by atomic mass is 35.5. The minimum atomic E-state index is -0.642. The van der Waals surface area contributed by atoms with Crippen LogP contribution in [0.15, 0.2) is 18.2 Å². The molecule has 0 radical (unpaired) electrons. The SMILES string of the molecule is CCOc1ccc(Cl)cc1CN(C)C[C@@]1(O)CCCNC1. The molecule has 118 valence electrons. The Morgan fingerprint density at radius 1 is 1.48 bits per heavy atom. The number of halogens is 1. The summed E-state index contributed by atoms with van der Waals surface area (Å²) in [7, 11) is 2.02. The van der Waals surface area contributed by atoms with Crippen LogP contribution in [0.1, 0.15) is 25.3 Å². The van der Waals surface area contributed by atoms with Crippen molar-refractivity contribution in [2.75, 3.05) is 33.3 Å². The fourth-order valence-corrected chi connectivity index (χ4v) is 3.10. The topological polar surface area (TPSA) is 44.7 Å². The molecule has 1 saturated heterocycles. The number of benzene rings is 1. The third-order valence-electron chi connectivity index (χ3n) is 3.78. The highest BCUT2D eigenvalue weighted by Crippen LogP contribution is 2.25. The van der Waals surface area contributed by atoms with Gasteiger partial charge in [0.05, 0.1) is 12.2 Å². The van der Waals surface area contributed by atoms with Gasteiger partial charge in [-0.05, 0) is 51.6 Å². The molecule has 1 aromatic rings. The van der Waals surface area contributed by atoms with Crippen LogP contribution >= 0.6 is 11.6 Å². The largest absolute Gasteiger partial charge is 0.494 e. The van der Waals surface area contributed by atoms with E-state index >= 15 is 0 Å². The second-order valence-electron chi connectivity index (χ2n) is 5.86. The van der Waals surface area contributed by atoms with Crippen molar-refractivity contribution >= 4 is 11.6 Å². The maximum absolute atomic E-state index is 10.6. The fourth-order valence-electron chi connectivity index (χ4n) is 2.90. The number of piperidine rings is 1. The summed E-state index contributed by atoms with van der Waals surface area (Å²) in [5, 5.41) is 14.6. The van der Waals surface area contributed by atoms with Gasteiger partial charge >= 0.3 is 0 Å². The van der Waals surface area contributed by atoms with E-state index in [4.69, 9.17) is 16.3 Å². The van der Waals surface area contributed by atoms with Gasteiger partial charge in [0.25, 0.3) is 0 Å². The van der Waals surface area contributed by atoms with Crippen LogP contribution in [0, 0.1) is 0 Å². The van der Waals surface area contributed by atoms with E-state index in [0.29, 0.717) is 31.3 Å². The number of ether oxygens (including phenoxy) is 1. The molecule has 1 fully saturated rings. The average molecular weight is 313 g/mol. The third kappa shape index (κ3) is 4.85. The summed E-state index contributed by atoms with van der Waals surface area (Å²) >= 11 is 6.09. The average Bonchev–Trinajstić information content (AvgIpc) is 2.42. The van der Waals surface area contributed by atoms with Crippen LogP contribution in [0.5, 0.6) is 5.75 Å². The summed E-state index contributed by atoms with van der Waals surface area (Å²) in [6, 6.07) is 5.69. The Hall–Kier alpha value is -0.810. The zero-order chi connectivity index (χ0) is 15.3. The van der Waals surface area contributed by atoms with Crippen molar-refractivity contribution < 1.29 is 9.84 Å². The Labute approximate surface area is 132 Å². The smallest absolute Gasteiger partial charge is 0.123 e. The zero-order valence-corrected chi connectivity index (χ0v) is 13.6. The molecule has 2 rings (SSSR count). The molecule has 0 aromatic heterocycles. The van der Waals surface area contributed by atoms with E-state index < -0.39 is 5.60 Å². The van der Waals surface area contributed by atoms with Gasteiger partial charge in [0.2, 0.25) is 0 Å². The maximum Gasteiger partial charge on any atom is 0.123 e. The highest BCUT2D eigenvalue weighted by Gasteiger charge is 2.30. The van der Waals surface area contributed by atoms with Gasteiger partial charge in [0.1, 0.15) is 5.75 Å². The van der Waals surface area contributed by atoms with Gasteiger partial charge in [-0.25, -0.2) is 0 Å². The lowest BCUT2D eigenvalue weighted by atomic mass is 9.93. The predicted octanol–water partition coefficient (Wildman–Crippen LogP) is 2.29. The van der Waals surface area contributed by atoms with Crippen molar-refractivity contribution in [3.63, 3.8) is 0 Å². The van der Waals surface area contributed by atoms with Gasteiger partial charge in [-0.3, -0.25) is 4.90 Å². The number of hydrogen-bond acceptors (Lipinski definition) is 4. The zero-order valence-electron chi connectivity index (χ0n) is 12.9. The Morgan fingerprint density at radius 3 is 2.95 bits per heavy atom. The summed E-state index contributed by atoms with van der Waals surface area (Å²) in [6.45, 7) is 5.60. The molecular formula is C16H25ClN2O2. The van der Waals surface area contributed by atoms with E-state index in [2.05, 4.69) is 10.2 Å². The second kappa shape index (κ2) is 7.45. The maximum atomic E-state index is 10.6. The molecule has 0 saturated carbocycles. The van der Waals surface area contributed by atoms with Crippen LogP contribution in [-0.2, 0) is 6.54 Å². The van der Waals surface area contributed by atoms with Gasteiger partial charge < -0.3 is 15.2 Å². The Morgan fingerprint density at radius 2 is 2.29 bits per heavy atom. The molecule has 1 aliphatic rings. The van der Waals surface area contributed by atoms with E-state index in [-0.39, 0.29) is 0 Å². The second-order valence-corrected chi connectivity index (χ2v) is 6.30. The lowest BCUT2D eigenvalue weighted by Gasteiger charge is -2.36. The first-order valence-electron chi connectivity index (χ1n) is 7.55. The molecule has 21 heavy (non-hydrogen) atoms. The van der Waals surface area contributed by atoms with Gasteiger partial charge in [0.15, 0.2) is 0 Å². The molecule has 5 heteroatoms. The molecule has 0 spiro atoms. The third-order valence-corrected chi connectivity index (χ3v) is 4.01. The van der Waals surface area contributed by atoms with E-state index in [0.717, 1.165) is 30.7 Å². The van der Waals surface area contributed by atoms with Crippen molar-refractivity contribution in [3.05, 3.63) is 28.8 Å². The van der Waals surface area contributed by atoms with Crippen LogP contribution in [-0.4, -0.2) is 48.9 Å². The van der Waals surface area contributed by atoms with E-state index in [1.807, 2.05) is 32.2 Å². The van der Waals surface area contributed by atoms with Gasteiger partial charge in [-0.2, -0.15) is 0 Å². The molecule has 1 aliphatic heterocycles. The highest BCUT2D eigenvalue weighted by molar-refractivity contribution is 6.30.